The van der Waals surface area contributed by atoms with Crippen molar-refractivity contribution in [2.45, 2.75) is 191 Å². The van der Waals surface area contributed by atoms with Gasteiger partial charge in [0.25, 0.3) is 0 Å². The normalized spacial score (nSPS) is 33.0. The van der Waals surface area contributed by atoms with Crippen molar-refractivity contribution >= 4 is 18.2 Å². The van der Waals surface area contributed by atoms with Gasteiger partial charge in [-0.05, 0) is 118 Å². The summed E-state index contributed by atoms with van der Waals surface area (Å²) in [5, 5.41) is 5.53. The van der Waals surface area contributed by atoms with Crippen LogP contribution in [0.25, 0.3) is 0 Å². The van der Waals surface area contributed by atoms with Crippen molar-refractivity contribution in [1.82, 2.24) is 10.6 Å². The molecule has 2 N–H and O–H groups in total. The minimum Gasteiger partial charge on any atom is -0.462 e. The Kier molecular flexibility index (Phi) is 15.6. The number of hydrogen-bond acceptors (Lipinski definition) is 6. The molecule has 0 aliphatic heterocycles. The molecule has 4 saturated carbocycles. The Morgan fingerprint density at radius 2 is 1.27 bits per heavy atom. The Morgan fingerprint density at radius 3 is 1.67 bits per heavy atom. The highest BCUT2D eigenvalue weighted by molar-refractivity contribution is 5.69. The summed E-state index contributed by atoms with van der Waals surface area (Å²) in [6, 6.07) is 0.191. The van der Waals surface area contributed by atoms with E-state index in [-0.39, 0.29) is 47.9 Å². The largest absolute Gasteiger partial charge is 0.462 e. The molecule has 2 amide bonds. The SMILES string of the molecule is CCC(C)NC(=O)OC1CC(C)CC(C)(C)C1.CCCC(=O)OC1CC2CCC1(C)C2(C)C.CCNC(=O)OC1CC(C)CC(C)(C)C1. The van der Waals surface area contributed by atoms with Crippen molar-refractivity contribution in [3.8, 4) is 0 Å². The van der Waals surface area contributed by atoms with Crippen LogP contribution in [0, 0.1) is 39.4 Å². The van der Waals surface area contributed by atoms with E-state index in [0.717, 1.165) is 50.9 Å². The number of alkyl carbamates (subject to hydrolysis) is 2. The van der Waals surface area contributed by atoms with E-state index in [2.05, 4.69) is 79.9 Å². The number of hydrogen-bond donors (Lipinski definition) is 2. The molecule has 0 aromatic carbocycles. The Morgan fingerprint density at radius 1 is 0.750 bits per heavy atom. The minimum absolute atomic E-state index is 0.00271. The first kappa shape index (κ1) is 42.2. The van der Waals surface area contributed by atoms with Crippen LogP contribution in [-0.4, -0.2) is 49.1 Å². The molecule has 0 aromatic heterocycles. The number of carbonyl (C=O) groups is 3. The van der Waals surface area contributed by atoms with E-state index in [1.54, 1.807) is 0 Å². The van der Waals surface area contributed by atoms with Crippen LogP contribution in [0.4, 0.5) is 9.59 Å². The fourth-order valence-electron chi connectivity index (χ4n) is 9.25. The van der Waals surface area contributed by atoms with E-state index in [4.69, 9.17) is 14.2 Å². The van der Waals surface area contributed by atoms with Crippen molar-refractivity contribution < 1.29 is 28.6 Å². The van der Waals surface area contributed by atoms with Gasteiger partial charge in [0.05, 0.1) is 0 Å². The average Bonchev–Trinajstić information content (AvgIpc) is 3.25. The molecule has 0 saturated heterocycles. The Labute approximate surface area is 294 Å². The summed E-state index contributed by atoms with van der Waals surface area (Å²) in [6.07, 6.45) is 12.2. The first-order chi connectivity index (χ1) is 22.2. The Bertz CT molecular complexity index is 1040. The molecular weight excluding hydrogens is 604 g/mol. The van der Waals surface area contributed by atoms with E-state index in [1.165, 1.54) is 25.7 Å². The van der Waals surface area contributed by atoms with Crippen LogP contribution in [0.5, 0.6) is 0 Å². The molecule has 8 heteroatoms. The van der Waals surface area contributed by atoms with Crippen LogP contribution in [0.1, 0.15) is 167 Å². The predicted molar refractivity (Wildman–Crippen MR) is 195 cm³/mol. The molecule has 0 aromatic rings. The zero-order chi connectivity index (χ0) is 36.5. The second kappa shape index (κ2) is 17.8. The number of esters is 1. The highest BCUT2D eigenvalue weighted by atomic mass is 16.6. The maximum Gasteiger partial charge on any atom is 0.407 e. The molecule has 4 aliphatic rings. The number of amides is 2. The second-order valence-electron chi connectivity index (χ2n) is 18.2. The average molecular weight is 679 g/mol. The monoisotopic (exact) mass is 679 g/mol. The lowest BCUT2D eigenvalue weighted by molar-refractivity contribution is -0.156. The molecule has 8 atom stereocenters. The van der Waals surface area contributed by atoms with E-state index in [0.29, 0.717) is 41.0 Å². The quantitative estimate of drug-likeness (QED) is 0.196. The molecule has 48 heavy (non-hydrogen) atoms. The number of ether oxygens (including phenoxy) is 3. The first-order valence-electron chi connectivity index (χ1n) is 19.3. The number of nitrogens with one attached hydrogen (secondary N) is 2. The smallest absolute Gasteiger partial charge is 0.407 e. The summed E-state index contributed by atoms with van der Waals surface area (Å²) < 4.78 is 16.6. The van der Waals surface area contributed by atoms with Crippen LogP contribution in [0.2, 0.25) is 0 Å². The minimum atomic E-state index is -0.271. The molecule has 4 rings (SSSR count). The van der Waals surface area contributed by atoms with Gasteiger partial charge in [-0.1, -0.05) is 76.2 Å². The molecular formula is C40H74N2O6. The fraction of sp³-hybridized carbons (Fsp3) is 0.925. The lowest BCUT2D eigenvalue weighted by atomic mass is 9.70. The standard InChI is InChI=1S/C14H27NO2.C14H24O2.C12H23NO2/c1-6-11(3)15-13(16)17-12-7-10(2)8-14(4,5)9-12;1-5-6-12(15)16-11-9-10-7-8-14(11,4)13(10,2)3;1-5-13-11(14)15-10-6-9(2)7-12(3,4)8-10/h10-12H,6-9H2,1-5H3,(H,15,16);10-11H,5-9H2,1-4H3;9-10H,5-8H2,1-4H3,(H,13,14). The molecule has 4 fully saturated rings. The van der Waals surface area contributed by atoms with Crippen molar-refractivity contribution in [3.05, 3.63) is 0 Å². The molecule has 2 bridgehead atoms. The Balaban J connectivity index is 0.000000251. The predicted octanol–water partition coefficient (Wildman–Crippen LogP) is 10.2. The van der Waals surface area contributed by atoms with Gasteiger partial charge in [0.2, 0.25) is 0 Å². The van der Waals surface area contributed by atoms with Crippen LogP contribution in [0.3, 0.4) is 0 Å². The van der Waals surface area contributed by atoms with Gasteiger partial charge in [-0.15, -0.1) is 0 Å². The summed E-state index contributed by atoms with van der Waals surface area (Å²) in [4.78, 5) is 34.6. The highest BCUT2D eigenvalue weighted by Crippen LogP contribution is 2.66. The van der Waals surface area contributed by atoms with Crippen molar-refractivity contribution in [2.24, 2.45) is 39.4 Å². The van der Waals surface area contributed by atoms with E-state index in [9.17, 15) is 14.4 Å². The van der Waals surface area contributed by atoms with Crippen LogP contribution < -0.4 is 10.6 Å². The second-order valence-corrected chi connectivity index (χ2v) is 18.2. The molecule has 280 valence electrons. The maximum atomic E-state index is 11.7. The molecule has 0 radical (unpaired) electrons. The fourth-order valence-corrected chi connectivity index (χ4v) is 9.25. The Hall–Kier alpha value is -1.99. The van der Waals surface area contributed by atoms with E-state index in [1.807, 2.05) is 20.8 Å². The summed E-state index contributed by atoms with van der Waals surface area (Å²) in [6.45, 7) is 29.1. The molecule has 0 heterocycles. The van der Waals surface area contributed by atoms with Gasteiger partial charge in [-0.3, -0.25) is 4.79 Å². The molecule has 0 spiro atoms. The van der Waals surface area contributed by atoms with Gasteiger partial charge in [0.15, 0.2) is 0 Å². The molecule has 8 unspecified atom stereocenters. The van der Waals surface area contributed by atoms with E-state index >= 15 is 0 Å². The van der Waals surface area contributed by atoms with Crippen molar-refractivity contribution in [3.63, 3.8) is 0 Å². The summed E-state index contributed by atoms with van der Waals surface area (Å²) in [5.74, 6) is 2.03. The third kappa shape index (κ3) is 12.4. The van der Waals surface area contributed by atoms with Crippen molar-refractivity contribution in [1.29, 1.82) is 0 Å². The van der Waals surface area contributed by atoms with Crippen LogP contribution >= 0.6 is 0 Å². The topological polar surface area (TPSA) is 103 Å². The third-order valence-electron chi connectivity index (χ3n) is 12.0. The van der Waals surface area contributed by atoms with Gasteiger partial charge in [0, 0.05) is 24.4 Å². The summed E-state index contributed by atoms with van der Waals surface area (Å²) >= 11 is 0. The van der Waals surface area contributed by atoms with E-state index < -0.39 is 0 Å². The van der Waals surface area contributed by atoms with Crippen LogP contribution in [-0.2, 0) is 19.0 Å². The van der Waals surface area contributed by atoms with Crippen LogP contribution in [0.15, 0.2) is 0 Å². The van der Waals surface area contributed by atoms with Gasteiger partial charge in [-0.2, -0.15) is 0 Å². The maximum absolute atomic E-state index is 11.7. The zero-order valence-electron chi connectivity index (χ0n) is 33.2. The lowest BCUT2D eigenvalue weighted by Gasteiger charge is -2.38. The molecule has 4 aliphatic carbocycles. The van der Waals surface area contributed by atoms with Gasteiger partial charge in [-0.25, -0.2) is 9.59 Å². The van der Waals surface area contributed by atoms with Gasteiger partial charge >= 0.3 is 18.2 Å². The van der Waals surface area contributed by atoms with Crippen molar-refractivity contribution in [2.75, 3.05) is 6.54 Å². The number of carbonyl (C=O) groups excluding carboxylic acids is 3. The van der Waals surface area contributed by atoms with Gasteiger partial charge < -0.3 is 24.8 Å². The number of fused-ring (bicyclic) bond motifs is 2. The summed E-state index contributed by atoms with van der Waals surface area (Å²) in [7, 11) is 0. The highest BCUT2D eigenvalue weighted by Gasteiger charge is 2.62. The lowest BCUT2D eigenvalue weighted by Crippen LogP contribution is -2.39. The number of rotatable bonds is 8. The molecule has 8 nitrogen and oxygen atoms in total. The van der Waals surface area contributed by atoms with Gasteiger partial charge in [0.1, 0.15) is 18.3 Å². The first-order valence-corrected chi connectivity index (χ1v) is 19.3. The third-order valence-corrected chi connectivity index (χ3v) is 12.0. The summed E-state index contributed by atoms with van der Waals surface area (Å²) in [5.41, 5.74) is 1.14. The zero-order valence-corrected chi connectivity index (χ0v) is 33.2.